The molecule has 0 saturated carbocycles. The van der Waals surface area contributed by atoms with Crippen LogP contribution in [-0.2, 0) is 10.5 Å². The average molecular weight is 499 g/mol. The molecule has 0 aliphatic carbocycles. The maximum absolute atomic E-state index is 15.0. The third-order valence-electron chi connectivity index (χ3n) is 5.74. The van der Waals surface area contributed by atoms with Gasteiger partial charge in [-0.25, -0.2) is 14.2 Å². The van der Waals surface area contributed by atoms with Crippen LogP contribution in [0.25, 0.3) is 11.0 Å². The normalized spacial score (nSPS) is 16.6. The lowest BCUT2D eigenvalue weighted by Gasteiger charge is -2.35. The molecule has 0 fully saturated rings. The third-order valence-corrected chi connectivity index (χ3v) is 5.74. The topological polar surface area (TPSA) is 117 Å². The van der Waals surface area contributed by atoms with Crippen LogP contribution >= 0.6 is 12.4 Å². The highest BCUT2D eigenvalue weighted by atomic mass is 35.5. The smallest absolute Gasteiger partial charge is 0.413 e. The van der Waals surface area contributed by atoms with Gasteiger partial charge in [0.1, 0.15) is 11.6 Å². The highest BCUT2D eigenvalue weighted by molar-refractivity contribution is 6.12. The lowest BCUT2D eigenvalue weighted by molar-refractivity contribution is 0.0699. The highest BCUT2D eigenvalue weighted by Gasteiger charge is 2.51. The molecule has 4 aromatic rings. The summed E-state index contributed by atoms with van der Waals surface area (Å²) in [4.78, 5) is 33.2. The number of benzene rings is 3. The van der Waals surface area contributed by atoms with E-state index in [0.717, 1.165) is 4.90 Å². The van der Waals surface area contributed by atoms with E-state index in [2.05, 4.69) is 20.0 Å². The first-order valence-corrected chi connectivity index (χ1v) is 10.2. The van der Waals surface area contributed by atoms with E-state index < -0.39 is 23.5 Å². The molecule has 1 unspecified atom stereocenters. The van der Waals surface area contributed by atoms with Crippen molar-refractivity contribution < 1.29 is 28.6 Å². The Kier molecular flexibility index (Phi) is 6.10. The zero-order valence-corrected chi connectivity index (χ0v) is 19.4. The summed E-state index contributed by atoms with van der Waals surface area (Å²) >= 11 is 0. The van der Waals surface area contributed by atoms with Gasteiger partial charge in [0.25, 0.3) is 5.91 Å². The molecule has 2 heterocycles. The Morgan fingerprint density at radius 1 is 1.14 bits per heavy atom. The Labute approximate surface area is 204 Å². The number of carbonyl (C=O) groups excluding carboxylic acids is 2. The lowest BCUT2D eigenvalue weighted by atomic mass is 9.93. The SMILES string of the molecule is COC(=O)Nc1nc2ccc(C3(O)c4ccccc4C(=O)N3c3cc(OC)ccc3F)cc2[nH]1.Cl. The van der Waals surface area contributed by atoms with Gasteiger partial charge in [0, 0.05) is 22.8 Å². The number of H-pyrrole nitrogens is 1. The Bertz CT molecular complexity index is 1460. The molecule has 11 heteroatoms. The minimum Gasteiger partial charge on any atom is -0.497 e. The van der Waals surface area contributed by atoms with Crippen LogP contribution in [0.3, 0.4) is 0 Å². The summed E-state index contributed by atoms with van der Waals surface area (Å²) in [6.07, 6.45) is -0.701. The van der Waals surface area contributed by atoms with Gasteiger partial charge in [-0.1, -0.05) is 24.3 Å². The maximum atomic E-state index is 15.0. The van der Waals surface area contributed by atoms with E-state index in [1.165, 1.54) is 32.4 Å². The molecule has 2 amide bonds. The predicted octanol–water partition coefficient (Wildman–Crippen LogP) is 4.16. The lowest BCUT2D eigenvalue weighted by Crippen LogP contribution is -2.45. The van der Waals surface area contributed by atoms with Crippen molar-refractivity contribution in [2.75, 3.05) is 24.4 Å². The summed E-state index contributed by atoms with van der Waals surface area (Å²) in [5.74, 6) is -0.801. The fourth-order valence-electron chi connectivity index (χ4n) is 4.15. The van der Waals surface area contributed by atoms with Crippen LogP contribution in [0.2, 0.25) is 0 Å². The van der Waals surface area contributed by atoms with E-state index in [9.17, 15) is 19.1 Å². The molecule has 9 nitrogen and oxygen atoms in total. The van der Waals surface area contributed by atoms with Crippen LogP contribution in [0.4, 0.5) is 20.8 Å². The summed E-state index contributed by atoms with van der Waals surface area (Å²) in [7, 11) is 2.66. The molecule has 5 rings (SSSR count). The van der Waals surface area contributed by atoms with Gasteiger partial charge >= 0.3 is 6.09 Å². The van der Waals surface area contributed by atoms with Crippen molar-refractivity contribution in [1.29, 1.82) is 0 Å². The van der Waals surface area contributed by atoms with Crippen LogP contribution in [-0.4, -0.2) is 41.3 Å². The van der Waals surface area contributed by atoms with Crippen molar-refractivity contribution in [2.24, 2.45) is 0 Å². The van der Waals surface area contributed by atoms with Gasteiger partial charge in [0.2, 0.25) is 5.95 Å². The van der Waals surface area contributed by atoms with Crippen LogP contribution in [0.5, 0.6) is 5.75 Å². The number of carbonyl (C=O) groups is 2. The molecule has 0 bridgehead atoms. The number of halogens is 2. The molecular weight excluding hydrogens is 479 g/mol. The van der Waals surface area contributed by atoms with Crippen molar-refractivity contribution in [3.63, 3.8) is 0 Å². The summed E-state index contributed by atoms with van der Waals surface area (Å²) in [5, 5.41) is 14.5. The number of ether oxygens (including phenoxy) is 2. The standard InChI is InChI=1S/C24H19FN4O5.ClH/c1-33-14-8-9-17(25)20(12-14)29-21(30)15-5-3-4-6-16(15)24(29,32)13-7-10-18-19(11-13)27-22(26-18)28-23(31)34-2;/h3-12,32H,1-2H3,(H2,26,27,28,31);1H. The predicted molar refractivity (Wildman–Crippen MR) is 129 cm³/mol. The Hall–Kier alpha value is -4.15. The highest BCUT2D eigenvalue weighted by Crippen LogP contribution is 2.46. The number of methoxy groups -OCH3 is 2. The number of nitrogens with one attached hydrogen (secondary N) is 2. The number of aliphatic hydroxyl groups is 1. The minimum absolute atomic E-state index is 0. The minimum atomic E-state index is -2.03. The Morgan fingerprint density at radius 3 is 2.66 bits per heavy atom. The summed E-state index contributed by atoms with van der Waals surface area (Å²) in [6, 6.07) is 15.3. The van der Waals surface area contributed by atoms with Gasteiger partial charge in [-0.15, -0.1) is 12.4 Å². The number of imidazole rings is 1. The van der Waals surface area contributed by atoms with Gasteiger partial charge in [0.05, 0.1) is 30.9 Å². The zero-order chi connectivity index (χ0) is 24.0. The number of hydrogen-bond donors (Lipinski definition) is 3. The molecule has 1 aliphatic heterocycles. The fraction of sp³-hybridized carbons (Fsp3) is 0.125. The number of aromatic nitrogens is 2. The van der Waals surface area contributed by atoms with Crippen molar-refractivity contribution in [1.82, 2.24) is 9.97 Å². The van der Waals surface area contributed by atoms with E-state index >= 15 is 0 Å². The number of rotatable bonds is 4. The average Bonchev–Trinajstić information content (AvgIpc) is 3.35. The van der Waals surface area contributed by atoms with Crippen LogP contribution in [0.1, 0.15) is 21.5 Å². The zero-order valence-electron chi connectivity index (χ0n) is 18.5. The molecule has 0 radical (unpaired) electrons. The van der Waals surface area contributed by atoms with E-state index in [0.29, 0.717) is 22.3 Å². The number of aromatic amines is 1. The van der Waals surface area contributed by atoms with Gasteiger partial charge in [0.15, 0.2) is 5.72 Å². The molecule has 3 aromatic carbocycles. The molecule has 3 N–H and O–H groups in total. The Morgan fingerprint density at radius 2 is 1.91 bits per heavy atom. The van der Waals surface area contributed by atoms with Gasteiger partial charge in [-0.05, 0) is 30.3 Å². The molecule has 1 aliphatic rings. The summed E-state index contributed by atoms with van der Waals surface area (Å²) in [6.45, 7) is 0. The largest absolute Gasteiger partial charge is 0.497 e. The molecular formula is C24H20ClFN4O5. The molecule has 0 spiro atoms. The van der Waals surface area contributed by atoms with E-state index in [-0.39, 0.29) is 35.2 Å². The van der Waals surface area contributed by atoms with E-state index in [1.807, 2.05) is 0 Å². The quantitative estimate of drug-likeness (QED) is 0.389. The summed E-state index contributed by atoms with van der Waals surface area (Å²) in [5.41, 5.74) is -0.375. The second-order valence-corrected chi connectivity index (χ2v) is 7.61. The van der Waals surface area contributed by atoms with Crippen molar-refractivity contribution in [3.8, 4) is 5.75 Å². The van der Waals surface area contributed by atoms with Crippen LogP contribution in [0, 0.1) is 5.82 Å². The van der Waals surface area contributed by atoms with Crippen LogP contribution < -0.4 is 15.0 Å². The molecule has 0 saturated heterocycles. The monoisotopic (exact) mass is 498 g/mol. The van der Waals surface area contributed by atoms with Crippen molar-refractivity contribution in [2.45, 2.75) is 5.72 Å². The number of nitrogens with zero attached hydrogens (tertiary/aromatic N) is 2. The van der Waals surface area contributed by atoms with E-state index in [4.69, 9.17) is 4.74 Å². The first kappa shape index (κ1) is 24.0. The first-order chi connectivity index (χ1) is 16.4. The van der Waals surface area contributed by atoms with Gasteiger partial charge in [-0.2, -0.15) is 0 Å². The Balaban J connectivity index is 0.00000289. The van der Waals surface area contributed by atoms with Crippen molar-refractivity contribution in [3.05, 3.63) is 83.2 Å². The molecule has 1 atom stereocenters. The second kappa shape index (κ2) is 8.90. The third kappa shape index (κ3) is 3.72. The molecule has 1 aromatic heterocycles. The second-order valence-electron chi connectivity index (χ2n) is 7.61. The van der Waals surface area contributed by atoms with Gasteiger partial charge < -0.3 is 19.6 Å². The number of amides is 2. The van der Waals surface area contributed by atoms with Gasteiger partial charge in [-0.3, -0.25) is 15.0 Å². The number of fused-ring (bicyclic) bond motifs is 2. The fourth-order valence-corrected chi connectivity index (χ4v) is 4.15. The van der Waals surface area contributed by atoms with Crippen molar-refractivity contribution >= 4 is 47.1 Å². The van der Waals surface area contributed by atoms with E-state index in [1.54, 1.807) is 42.5 Å². The first-order valence-electron chi connectivity index (χ1n) is 10.2. The number of anilines is 2. The van der Waals surface area contributed by atoms with Crippen LogP contribution in [0.15, 0.2) is 60.7 Å². The number of hydrogen-bond acceptors (Lipinski definition) is 6. The molecule has 180 valence electrons. The maximum Gasteiger partial charge on any atom is 0.413 e. The summed E-state index contributed by atoms with van der Waals surface area (Å²) < 4.78 is 24.8. The molecule has 35 heavy (non-hydrogen) atoms.